The highest BCUT2D eigenvalue weighted by molar-refractivity contribution is 9.10. The van der Waals surface area contributed by atoms with Crippen LogP contribution < -0.4 is 5.32 Å². The van der Waals surface area contributed by atoms with Crippen molar-refractivity contribution < 1.29 is 19.5 Å². The van der Waals surface area contributed by atoms with E-state index in [0.29, 0.717) is 6.42 Å². The third-order valence-corrected chi connectivity index (χ3v) is 4.17. The molecule has 0 aliphatic heterocycles. The van der Waals surface area contributed by atoms with Crippen molar-refractivity contribution in [1.29, 1.82) is 0 Å². The highest BCUT2D eigenvalue weighted by Gasteiger charge is 2.25. The maximum Gasteiger partial charge on any atom is 0.325 e. The molecule has 2 atom stereocenters. The lowest BCUT2D eigenvalue weighted by atomic mass is 9.90. The van der Waals surface area contributed by atoms with Crippen molar-refractivity contribution in [2.45, 2.75) is 46.1 Å². The van der Waals surface area contributed by atoms with Crippen molar-refractivity contribution in [3.8, 4) is 0 Å². The van der Waals surface area contributed by atoms with Crippen LogP contribution in [0.2, 0.25) is 0 Å². The summed E-state index contributed by atoms with van der Waals surface area (Å²) < 4.78 is 0.943. The smallest absolute Gasteiger partial charge is 0.325 e. The largest absolute Gasteiger partial charge is 0.480 e. The molecule has 5 nitrogen and oxygen atoms in total. The van der Waals surface area contributed by atoms with E-state index in [4.69, 9.17) is 5.11 Å². The molecule has 0 aromatic heterocycles. The molecule has 0 heterocycles. The van der Waals surface area contributed by atoms with Crippen LogP contribution in [0.25, 0.3) is 0 Å². The number of carboxylic acids is 1. The molecule has 0 spiro atoms. The number of Topliss-reactive ketones (excluding diaryl/α,β-unsaturated/α-hetero) is 1. The van der Waals surface area contributed by atoms with Gasteiger partial charge in [-0.05, 0) is 37.0 Å². The minimum Gasteiger partial charge on any atom is -0.480 e. The second-order valence-electron chi connectivity index (χ2n) is 6.44. The Labute approximate surface area is 151 Å². The van der Waals surface area contributed by atoms with Gasteiger partial charge in [0.25, 0.3) is 0 Å². The monoisotopic (exact) mass is 397 g/mol. The Hall–Kier alpha value is -1.69. The first-order valence-electron chi connectivity index (χ1n) is 7.98. The number of amides is 1. The van der Waals surface area contributed by atoms with Gasteiger partial charge in [0.15, 0.2) is 0 Å². The first kappa shape index (κ1) is 20.4. The molecule has 6 heteroatoms. The lowest BCUT2D eigenvalue weighted by molar-refractivity contribution is -0.142. The lowest BCUT2D eigenvalue weighted by Gasteiger charge is -2.19. The fourth-order valence-corrected chi connectivity index (χ4v) is 2.69. The van der Waals surface area contributed by atoms with Crippen molar-refractivity contribution in [2.75, 3.05) is 0 Å². The molecular formula is C18H24BrNO4. The number of hydrogen-bond acceptors (Lipinski definition) is 3. The average molecular weight is 398 g/mol. The number of halogens is 1. The molecule has 132 valence electrons. The third-order valence-electron chi connectivity index (χ3n) is 3.64. The van der Waals surface area contributed by atoms with Crippen molar-refractivity contribution in [3.63, 3.8) is 0 Å². The lowest BCUT2D eigenvalue weighted by Crippen LogP contribution is -2.42. The number of carboxylic acid groups (broad SMARTS) is 1. The number of nitrogens with one attached hydrogen (secondary N) is 1. The molecule has 0 saturated heterocycles. The summed E-state index contributed by atoms with van der Waals surface area (Å²) in [5.41, 5.74) is 0.894. The maximum atomic E-state index is 12.3. The average Bonchev–Trinajstić information content (AvgIpc) is 2.48. The van der Waals surface area contributed by atoms with Crippen LogP contribution >= 0.6 is 15.9 Å². The normalized spacial score (nSPS) is 13.4. The van der Waals surface area contributed by atoms with E-state index >= 15 is 0 Å². The number of carbonyl (C=O) groups is 3. The first-order chi connectivity index (χ1) is 11.2. The number of aliphatic carboxylic acids is 1. The van der Waals surface area contributed by atoms with E-state index in [9.17, 15) is 14.4 Å². The Morgan fingerprint density at radius 1 is 1.12 bits per heavy atom. The summed E-state index contributed by atoms with van der Waals surface area (Å²) in [5.74, 6) is -1.76. The molecule has 0 radical (unpaired) electrons. The van der Waals surface area contributed by atoms with Gasteiger partial charge in [-0.25, -0.2) is 0 Å². The second-order valence-corrected chi connectivity index (χ2v) is 7.36. The topological polar surface area (TPSA) is 83.5 Å². The van der Waals surface area contributed by atoms with Crippen molar-refractivity contribution >= 4 is 33.6 Å². The van der Waals surface area contributed by atoms with Crippen molar-refractivity contribution in [3.05, 3.63) is 34.3 Å². The summed E-state index contributed by atoms with van der Waals surface area (Å²) in [6.07, 6.45) is 0.931. The highest BCUT2D eigenvalue weighted by Crippen LogP contribution is 2.18. The van der Waals surface area contributed by atoms with Crippen LogP contribution in [0.3, 0.4) is 0 Å². The minimum absolute atomic E-state index is 0.0268. The number of benzene rings is 1. The van der Waals surface area contributed by atoms with E-state index < -0.39 is 17.9 Å². The van der Waals surface area contributed by atoms with E-state index in [1.807, 2.05) is 38.1 Å². The van der Waals surface area contributed by atoms with Crippen LogP contribution in [0.4, 0.5) is 0 Å². The van der Waals surface area contributed by atoms with Gasteiger partial charge in [0.2, 0.25) is 5.91 Å². The zero-order chi connectivity index (χ0) is 18.3. The molecule has 24 heavy (non-hydrogen) atoms. The molecule has 0 saturated carbocycles. The molecule has 0 bridgehead atoms. The van der Waals surface area contributed by atoms with Gasteiger partial charge in [0, 0.05) is 23.2 Å². The van der Waals surface area contributed by atoms with Crippen LogP contribution in [-0.4, -0.2) is 28.8 Å². The Balaban J connectivity index is 2.70. The van der Waals surface area contributed by atoms with Gasteiger partial charge in [-0.2, -0.15) is 0 Å². The molecule has 0 aliphatic rings. The zero-order valence-corrected chi connectivity index (χ0v) is 15.8. The van der Waals surface area contributed by atoms with Gasteiger partial charge in [0.1, 0.15) is 11.8 Å². The van der Waals surface area contributed by atoms with Crippen LogP contribution in [0.5, 0.6) is 0 Å². The van der Waals surface area contributed by atoms with Gasteiger partial charge in [-0.15, -0.1) is 0 Å². The summed E-state index contributed by atoms with van der Waals surface area (Å²) in [4.78, 5) is 35.5. The Morgan fingerprint density at radius 3 is 2.21 bits per heavy atom. The number of hydrogen-bond donors (Lipinski definition) is 2. The quantitative estimate of drug-likeness (QED) is 0.669. The molecule has 0 unspecified atom stereocenters. The highest BCUT2D eigenvalue weighted by atomic mass is 79.9. The second kappa shape index (κ2) is 9.57. The molecule has 1 amide bonds. The number of rotatable bonds is 9. The minimum atomic E-state index is -1.09. The zero-order valence-electron chi connectivity index (χ0n) is 14.2. The molecule has 2 N–H and O–H groups in total. The van der Waals surface area contributed by atoms with Crippen LogP contribution in [0.15, 0.2) is 28.7 Å². The summed E-state index contributed by atoms with van der Waals surface area (Å²) in [7, 11) is 0. The number of ketones is 1. The Morgan fingerprint density at radius 2 is 1.71 bits per heavy atom. The van der Waals surface area contributed by atoms with Gasteiger partial charge < -0.3 is 10.4 Å². The van der Waals surface area contributed by atoms with E-state index in [2.05, 4.69) is 21.2 Å². The Kier molecular flexibility index (Phi) is 8.11. The SMILES string of the molecule is CC(C)C[C@H](CC(=O)Cc1ccc(Br)cc1)C(=O)N[C@@H](C)C(=O)O. The molecular weight excluding hydrogens is 374 g/mol. The van der Waals surface area contributed by atoms with Crippen molar-refractivity contribution in [1.82, 2.24) is 5.32 Å². The van der Waals surface area contributed by atoms with Crippen LogP contribution in [0.1, 0.15) is 39.2 Å². The fourth-order valence-electron chi connectivity index (χ4n) is 2.42. The van der Waals surface area contributed by atoms with E-state index in [0.717, 1.165) is 10.0 Å². The predicted octanol–water partition coefficient (Wildman–Crippen LogP) is 3.20. The third kappa shape index (κ3) is 7.25. The molecule has 1 aromatic carbocycles. The van der Waals surface area contributed by atoms with Gasteiger partial charge in [-0.3, -0.25) is 14.4 Å². The van der Waals surface area contributed by atoms with Gasteiger partial charge in [0.05, 0.1) is 0 Å². The molecule has 1 aromatic rings. The molecule has 0 aliphatic carbocycles. The van der Waals surface area contributed by atoms with Gasteiger partial charge >= 0.3 is 5.97 Å². The maximum absolute atomic E-state index is 12.3. The first-order valence-corrected chi connectivity index (χ1v) is 8.77. The van der Waals surface area contributed by atoms with Gasteiger partial charge in [-0.1, -0.05) is 41.9 Å². The van der Waals surface area contributed by atoms with Crippen molar-refractivity contribution in [2.24, 2.45) is 11.8 Å². The predicted molar refractivity (Wildman–Crippen MR) is 95.7 cm³/mol. The number of carbonyl (C=O) groups excluding carboxylic acids is 2. The summed E-state index contributed by atoms with van der Waals surface area (Å²) in [6, 6.07) is 6.51. The Bertz CT molecular complexity index is 583. The molecule has 1 rings (SSSR count). The van der Waals surface area contributed by atoms with E-state index in [-0.39, 0.29) is 30.4 Å². The van der Waals surface area contributed by atoms with E-state index in [1.54, 1.807) is 0 Å². The van der Waals surface area contributed by atoms with Crippen LogP contribution in [0, 0.1) is 11.8 Å². The standard InChI is InChI=1S/C18H24BrNO4/c1-11(2)8-14(17(22)20-12(3)18(23)24)10-16(21)9-13-4-6-15(19)7-5-13/h4-7,11-12,14H,8-10H2,1-3H3,(H,20,22)(H,23,24)/t12-,14+/m0/s1. The summed E-state index contributed by atoms with van der Waals surface area (Å²) in [5, 5.41) is 11.4. The summed E-state index contributed by atoms with van der Waals surface area (Å²) in [6.45, 7) is 5.36. The fraction of sp³-hybridized carbons (Fsp3) is 0.500. The summed E-state index contributed by atoms with van der Waals surface area (Å²) >= 11 is 3.35. The van der Waals surface area contributed by atoms with E-state index in [1.165, 1.54) is 6.92 Å². The van der Waals surface area contributed by atoms with Crippen LogP contribution in [-0.2, 0) is 20.8 Å². The molecule has 0 fully saturated rings.